The lowest BCUT2D eigenvalue weighted by Gasteiger charge is -2.07. The van der Waals surface area contributed by atoms with Crippen molar-refractivity contribution < 1.29 is 10.2 Å². The predicted molar refractivity (Wildman–Crippen MR) is 69.5 cm³/mol. The maximum Gasteiger partial charge on any atom is 0.123 e. The van der Waals surface area contributed by atoms with E-state index in [-0.39, 0.29) is 6.61 Å². The van der Waals surface area contributed by atoms with Crippen LogP contribution in [0.4, 0.5) is 5.69 Å². The summed E-state index contributed by atoms with van der Waals surface area (Å²) < 4.78 is 1.67. The third-order valence-electron chi connectivity index (χ3n) is 2.77. The van der Waals surface area contributed by atoms with Gasteiger partial charge < -0.3 is 15.5 Å². The molecule has 0 amide bonds. The Labute approximate surface area is 106 Å². The van der Waals surface area contributed by atoms with E-state index in [0.29, 0.717) is 18.8 Å². The van der Waals surface area contributed by atoms with Gasteiger partial charge in [-0.3, -0.25) is 4.68 Å². The van der Waals surface area contributed by atoms with Gasteiger partial charge in [-0.15, -0.1) is 0 Å². The summed E-state index contributed by atoms with van der Waals surface area (Å²) in [5.74, 6) is 0.327. The molecule has 0 radical (unpaired) electrons. The Morgan fingerprint density at radius 3 is 3.00 bits per heavy atom. The predicted octanol–water partition coefficient (Wildman–Crippen LogP) is 1.50. The Morgan fingerprint density at radius 2 is 2.22 bits per heavy atom. The van der Waals surface area contributed by atoms with E-state index in [1.54, 1.807) is 10.9 Å². The van der Waals surface area contributed by atoms with Gasteiger partial charge in [-0.2, -0.15) is 5.10 Å². The first-order chi connectivity index (χ1) is 8.70. The highest BCUT2D eigenvalue weighted by molar-refractivity contribution is 5.44. The normalized spacial score (nSPS) is 10.6. The minimum atomic E-state index is 0.0692. The summed E-state index contributed by atoms with van der Waals surface area (Å²) >= 11 is 0. The van der Waals surface area contributed by atoms with Crippen LogP contribution in [0.2, 0.25) is 0 Å². The lowest BCUT2D eigenvalue weighted by molar-refractivity contribution is 0.269. The molecule has 0 spiro atoms. The first-order valence-corrected chi connectivity index (χ1v) is 5.85. The third-order valence-corrected chi connectivity index (χ3v) is 2.77. The van der Waals surface area contributed by atoms with Crippen molar-refractivity contribution >= 4 is 5.69 Å². The van der Waals surface area contributed by atoms with Crippen molar-refractivity contribution in [1.82, 2.24) is 9.78 Å². The molecular weight excluding hydrogens is 230 g/mol. The van der Waals surface area contributed by atoms with Gasteiger partial charge in [0, 0.05) is 18.3 Å². The summed E-state index contributed by atoms with van der Waals surface area (Å²) in [6.07, 6.45) is 3.52. The number of phenols is 1. The zero-order valence-electron chi connectivity index (χ0n) is 10.3. The van der Waals surface area contributed by atoms with Crippen molar-refractivity contribution in [2.45, 2.75) is 20.0 Å². The molecule has 0 aliphatic rings. The molecule has 0 aliphatic heterocycles. The van der Waals surface area contributed by atoms with Gasteiger partial charge in [0.25, 0.3) is 0 Å². The zero-order valence-corrected chi connectivity index (χ0v) is 10.3. The van der Waals surface area contributed by atoms with Crippen LogP contribution in [0.3, 0.4) is 0 Å². The number of aromatic nitrogens is 2. The van der Waals surface area contributed by atoms with E-state index in [4.69, 9.17) is 5.11 Å². The van der Waals surface area contributed by atoms with Crippen LogP contribution in [0, 0.1) is 6.92 Å². The molecule has 3 N–H and O–H groups in total. The fraction of sp³-hybridized carbons (Fsp3) is 0.308. The number of aliphatic hydroxyl groups is 1. The highest BCUT2D eigenvalue weighted by atomic mass is 16.3. The van der Waals surface area contributed by atoms with Crippen molar-refractivity contribution in [2.24, 2.45) is 0 Å². The number of aryl methyl sites for hydroxylation is 1. The van der Waals surface area contributed by atoms with E-state index in [0.717, 1.165) is 16.8 Å². The smallest absolute Gasteiger partial charge is 0.123 e. The molecule has 0 fully saturated rings. The maximum atomic E-state index is 9.87. The molecule has 5 heteroatoms. The zero-order chi connectivity index (χ0) is 13.0. The number of hydrogen-bond donors (Lipinski definition) is 3. The number of rotatable bonds is 5. The van der Waals surface area contributed by atoms with E-state index in [1.165, 1.54) is 0 Å². The minimum Gasteiger partial charge on any atom is -0.507 e. The Bertz CT molecular complexity index is 523. The van der Waals surface area contributed by atoms with E-state index in [2.05, 4.69) is 10.4 Å². The Hall–Kier alpha value is -2.01. The Balaban J connectivity index is 2.00. The fourth-order valence-electron chi connectivity index (χ4n) is 1.74. The molecular formula is C13H17N3O2. The van der Waals surface area contributed by atoms with Crippen LogP contribution in [-0.2, 0) is 13.1 Å². The molecule has 2 rings (SSSR count). The number of phenolic OH excluding ortho intramolecular Hbond substituents is 1. The largest absolute Gasteiger partial charge is 0.507 e. The monoisotopic (exact) mass is 247 g/mol. The second kappa shape index (κ2) is 5.55. The summed E-state index contributed by atoms with van der Waals surface area (Å²) in [7, 11) is 0. The number of nitrogens with one attached hydrogen (secondary N) is 1. The van der Waals surface area contributed by atoms with Crippen LogP contribution < -0.4 is 5.32 Å². The summed E-state index contributed by atoms with van der Waals surface area (Å²) in [5.41, 5.74) is 2.58. The molecule has 1 aromatic heterocycles. The minimum absolute atomic E-state index is 0.0692. The first-order valence-electron chi connectivity index (χ1n) is 5.85. The highest BCUT2D eigenvalue weighted by Crippen LogP contribution is 2.22. The van der Waals surface area contributed by atoms with Crippen LogP contribution >= 0.6 is 0 Å². The molecule has 96 valence electrons. The van der Waals surface area contributed by atoms with E-state index >= 15 is 0 Å². The summed E-state index contributed by atoms with van der Waals surface area (Å²) in [6.45, 7) is 2.97. The molecule has 1 heterocycles. The van der Waals surface area contributed by atoms with E-state index in [1.807, 2.05) is 31.3 Å². The van der Waals surface area contributed by atoms with Crippen LogP contribution in [0.5, 0.6) is 5.75 Å². The van der Waals surface area contributed by atoms with Crippen molar-refractivity contribution in [1.29, 1.82) is 0 Å². The number of aromatic hydroxyl groups is 1. The molecule has 2 aromatic rings. The van der Waals surface area contributed by atoms with Gasteiger partial charge in [-0.1, -0.05) is 18.2 Å². The van der Waals surface area contributed by atoms with Gasteiger partial charge in [0.2, 0.25) is 0 Å². The number of aliphatic hydroxyl groups excluding tert-OH is 1. The SMILES string of the molecule is Cc1cccc(CNc2cnn(CCO)c2)c1O. The third kappa shape index (κ3) is 2.81. The maximum absolute atomic E-state index is 9.87. The average molecular weight is 247 g/mol. The first kappa shape index (κ1) is 12.4. The highest BCUT2D eigenvalue weighted by Gasteiger charge is 2.04. The number of para-hydroxylation sites is 1. The number of anilines is 1. The average Bonchev–Trinajstić information content (AvgIpc) is 2.79. The van der Waals surface area contributed by atoms with Gasteiger partial charge in [0.15, 0.2) is 0 Å². The molecule has 0 atom stereocenters. The summed E-state index contributed by atoms with van der Waals surface area (Å²) in [4.78, 5) is 0. The van der Waals surface area contributed by atoms with Gasteiger partial charge in [0.05, 0.1) is 25.0 Å². The lowest BCUT2D eigenvalue weighted by Crippen LogP contribution is -2.02. The van der Waals surface area contributed by atoms with Gasteiger partial charge >= 0.3 is 0 Å². The van der Waals surface area contributed by atoms with Crippen LogP contribution in [0.1, 0.15) is 11.1 Å². The standard InChI is InChI=1S/C13H17N3O2/c1-10-3-2-4-11(13(10)18)7-14-12-8-15-16(9-12)5-6-17/h2-4,8-9,14,17-18H,5-7H2,1H3. The lowest BCUT2D eigenvalue weighted by atomic mass is 10.1. The fourth-order valence-corrected chi connectivity index (χ4v) is 1.74. The van der Waals surface area contributed by atoms with Crippen LogP contribution in [0.25, 0.3) is 0 Å². The summed E-state index contributed by atoms with van der Waals surface area (Å²) in [6, 6.07) is 5.67. The molecule has 0 aliphatic carbocycles. The summed E-state index contributed by atoms with van der Waals surface area (Å²) in [5, 5.41) is 25.9. The molecule has 1 aromatic carbocycles. The number of benzene rings is 1. The topological polar surface area (TPSA) is 70.3 Å². The van der Waals surface area contributed by atoms with Crippen molar-refractivity contribution in [3.63, 3.8) is 0 Å². The molecule has 18 heavy (non-hydrogen) atoms. The molecule has 0 bridgehead atoms. The van der Waals surface area contributed by atoms with Gasteiger partial charge in [-0.25, -0.2) is 0 Å². The Kier molecular flexibility index (Phi) is 3.84. The second-order valence-corrected chi connectivity index (χ2v) is 4.15. The molecule has 0 saturated heterocycles. The van der Waals surface area contributed by atoms with Crippen molar-refractivity contribution in [2.75, 3.05) is 11.9 Å². The van der Waals surface area contributed by atoms with Crippen LogP contribution in [0.15, 0.2) is 30.6 Å². The quantitative estimate of drug-likeness (QED) is 0.749. The van der Waals surface area contributed by atoms with Crippen molar-refractivity contribution in [3.05, 3.63) is 41.7 Å². The molecule has 0 unspecified atom stereocenters. The van der Waals surface area contributed by atoms with Crippen LogP contribution in [-0.4, -0.2) is 26.6 Å². The second-order valence-electron chi connectivity index (χ2n) is 4.15. The van der Waals surface area contributed by atoms with Gasteiger partial charge in [-0.05, 0) is 12.5 Å². The van der Waals surface area contributed by atoms with Gasteiger partial charge in [0.1, 0.15) is 5.75 Å². The number of nitrogens with zero attached hydrogens (tertiary/aromatic N) is 2. The van der Waals surface area contributed by atoms with E-state index < -0.39 is 0 Å². The van der Waals surface area contributed by atoms with Crippen molar-refractivity contribution in [3.8, 4) is 5.75 Å². The molecule has 0 saturated carbocycles. The Morgan fingerprint density at radius 1 is 1.39 bits per heavy atom. The molecule has 5 nitrogen and oxygen atoms in total. The van der Waals surface area contributed by atoms with E-state index in [9.17, 15) is 5.11 Å². The number of hydrogen-bond acceptors (Lipinski definition) is 4.